The van der Waals surface area contributed by atoms with Gasteiger partial charge in [0.25, 0.3) is 6.33 Å². The van der Waals surface area contributed by atoms with Gasteiger partial charge in [-0.3, -0.25) is 4.57 Å². The molecule has 3 aromatic heterocycles. The Bertz CT molecular complexity index is 5900. The molecule has 7 heteroatoms. The van der Waals surface area contributed by atoms with Crippen molar-refractivity contribution < 1.29 is 56.4 Å². The van der Waals surface area contributed by atoms with Crippen LogP contribution in [0.1, 0.15) is 104 Å². The van der Waals surface area contributed by atoms with E-state index < -0.39 is 93.9 Å². The number of pyridine rings is 1. The van der Waals surface area contributed by atoms with E-state index in [0.29, 0.717) is 56.1 Å². The van der Waals surface area contributed by atoms with Crippen LogP contribution in [0.4, 0.5) is 0 Å². The second kappa shape index (κ2) is 22.2. The van der Waals surface area contributed by atoms with Gasteiger partial charge < -0.3 is 13.9 Å². The molecule has 0 spiro atoms. The summed E-state index contributed by atoms with van der Waals surface area (Å²) in [5, 5.41) is 6.71. The van der Waals surface area contributed by atoms with Crippen LogP contribution in [0.5, 0.6) is 11.5 Å². The summed E-state index contributed by atoms with van der Waals surface area (Å²) in [6, 6.07) is 81.1. The molecule has 0 radical (unpaired) electrons. The first-order valence-electron chi connectivity index (χ1n) is 39.4. The van der Waals surface area contributed by atoms with Gasteiger partial charge in [0.05, 0.1) is 20.8 Å². The minimum absolute atomic E-state index is 0. The van der Waals surface area contributed by atoms with Gasteiger partial charge in [0.15, 0.2) is 8.07 Å². The van der Waals surface area contributed by atoms with Gasteiger partial charge in [0.2, 0.25) is 0 Å². The van der Waals surface area contributed by atoms with Crippen LogP contribution in [-0.2, 0) is 37.3 Å². The van der Waals surface area contributed by atoms with Crippen molar-refractivity contribution in [1.29, 1.82) is 0 Å². The molecule has 0 fully saturated rings. The standard InChI is InChI=1S/C84H68N4OSi.Pt/c1-82(2,3)57-46-49-85-79(51-57)88-76-45-42-64(90(61-26-11-8-12-27-61,62-28-13-9-14-29-62)63-30-15-10-16-31-63)54-73(76)70-43-41-60(53-78(70)88)89-59-25-21-24-58(52-59)86-55-87-80-65(56-40-44-74-75(50-56)84(6,7)48-47-83(74,4)5)36-22-37-71(80)68-34-19-17-32-66(68)67-33-18-20-35-69(67)72-38-23-39-77(86)81(72)87;/h8-46,49-51,54H,47-48H2,1-7H3;/q-2;/i4D3,5D3,6D3,7D3,40D,44D,47D2,48D2,50D;. The average molecular weight is 1390 g/mol. The molecule has 1 aliphatic heterocycles. The fourth-order valence-electron chi connectivity index (χ4n) is 13.5. The Morgan fingerprint density at radius 3 is 1.77 bits per heavy atom. The number of hydrogen-bond donors (Lipinski definition) is 0. The Morgan fingerprint density at radius 2 is 1.11 bits per heavy atom. The fourth-order valence-corrected chi connectivity index (χ4v) is 18.3. The van der Waals surface area contributed by atoms with Crippen molar-refractivity contribution in [2.45, 2.75) is 77.2 Å². The zero-order valence-corrected chi connectivity index (χ0v) is 52.9. The summed E-state index contributed by atoms with van der Waals surface area (Å²) in [5.41, 5.74) is -5.03. The third-order valence-corrected chi connectivity index (χ3v) is 22.5. The van der Waals surface area contributed by atoms with E-state index >= 15 is 0 Å². The molecule has 0 amide bonds. The van der Waals surface area contributed by atoms with E-state index in [9.17, 15) is 9.60 Å². The number of fused-ring (bicyclic) bond motifs is 11. The van der Waals surface area contributed by atoms with E-state index in [-0.39, 0.29) is 43.5 Å². The van der Waals surface area contributed by atoms with E-state index in [2.05, 4.69) is 141 Å². The second-order valence-electron chi connectivity index (χ2n) is 24.1. The van der Waals surface area contributed by atoms with Crippen LogP contribution < -0.4 is 30.1 Å². The van der Waals surface area contributed by atoms with Crippen molar-refractivity contribution in [3.8, 4) is 73.2 Å². The molecule has 2 aliphatic rings. The van der Waals surface area contributed by atoms with Gasteiger partial charge in [0, 0.05) is 66.2 Å². The van der Waals surface area contributed by atoms with E-state index in [1.165, 1.54) is 26.8 Å². The van der Waals surface area contributed by atoms with Crippen LogP contribution in [0, 0.1) is 18.5 Å². The van der Waals surface area contributed by atoms with E-state index in [4.69, 9.17) is 26.2 Å². The summed E-state index contributed by atoms with van der Waals surface area (Å²) in [6.45, 7) is -10.5. The fraction of sp³-hybridized carbons (Fsp3) is 0.143. The van der Waals surface area contributed by atoms with Crippen LogP contribution in [0.2, 0.25) is 0 Å². The largest absolute Gasteiger partial charge is 0.510 e. The Kier molecular flexibility index (Phi) is 9.83. The average Bonchev–Trinajstić information content (AvgIpc) is 0.667. The van der Waals surface area contributed by atoms with Crippen LogP contribution in [0.15, 0.2) is 261 Å². The molecule has 446 valence electrons. The molecule has 11 aromatic carbocycles. The van der Waals surface area contributed by atoms with Crippen LogP contribution in [0.25, 0.3) is 94.5 Å². The normalized spacial score (nSPS) is 18.6. The molecular formula is C84H68N4OPtSi-2. The summed E-state index contributed by atoms with van der Waals surface area (Å²) < 4.78 is 189. The molecular weight excluding hydrogens is 1300 g/mol. The maximum absolute atomic E-state index is 10.4. The third kappa shape index (κ3) is 9.51. The van der Waals surface area contributed by atoms with Crippen molar-refractivity contribution in [2.75, 3.05) is 0 Å². The van der Waals surface area contributed by atoms with Gasteiger partial charge in [-0.05, 0) is 140 Å². The zero-order chi connectivity index (χ0) is 77.3. The molecule has 0 unspecified atom stereocenters. The van der Waals surface area contributed by atoms with Crippen LogP contribution in [0.3, 0.4) is 0 Å². The molecule has 0 atom stereocenters. The first kappa shape index (κ1) is 40.3. The number of hydrogen-bond acceptors (Lipinski definition) is 2. The number of rotatable bonds is 9. The van der Waals surface area contributed by atoms with Gasteiger partial charge in [0.1, 0.15) is 5.82 Å². The van der Waals surface area contributed by atoms with Crippen molar-refractivity contribution in [2.24, 2.45) is 0 Å². The van der Waals surface area contributed by atoms with Crippen molar-refractivity contribution >= 4 is 61.7 Å². The monoisotopic (exact) mass is 1390 g/mol. The number of imidazole rings is 1. The predicted octanol–water partition coefficient (Wildman–Crippen LogP) is 17.6. The summed E-state index contributed by atoms with van der Waals surface area (Å²) in [4.78, 5) is 5.04. The SMILES string of the molecule is [2H]c1c([2H])c2c(c([2H])c1-c1cccc3c1-[n+]1[c-]n(-c4[c-]c(Oc5[c-]c6c(cc5)c5cc([Si](c7ccccc7)(c7ccccc7)c7ccccc7)ccc5n6-c5cc(C(C)(C)C)ccn5)ccc4)c4cccc(c41)-c1ccccc1-c1ccccc1-3)C(C([2H])([2H])[2H])(C([2H])([2H])[2H])C([2H])([2H])C([2H])([2H])C2(C([2H])([2H])[2H])C([2H])([2H])[2H].[Pt]. The molecule has 0 bridgehead atoms. The quantitative estimate of drug-likeness (QED) is 0.0625. The summed E-state index contributed by atoms with van der Waals surface area (Å²) in [5.74, 6) is 1.27. The Balaban J connectivity index is 0.00000961. The van der Waals surface area contributed by atoms with Gasteiger partial charge >= 0.3 is 0 Å². The third-order valence-electron chi connectivity index (χ3n) is 17.7. The summed E-state index contributed by atoms with van der Waals surface area (Å²) >= 11 is 0. The van der Waals surface area contributed by atoms with Gasteiger partial charge in [-0.1, -0.05) is 260 Å². The minimum atomic E-state index is -4.53. The minimum Gasteiger partial charge on any atom is -0.510 e. The Morgan fingerprint density at radius 1 is 0.538 bits per heavy atom. The maximum Gasteiger partial charge on any atom is 0.268 e. The maximum atomic E-state index is 10.4. The second-order valence-corrected chi connectivity index (χ2v) is 28.0. The molecule has 4 heterocycles. The van der Waals surface area contributed by atoms with Gasteiger partial charge in [-0.15, -0.1) is 29.7 Å². The molecule has 14 aromatic rings. The molecule has 5 nitrogen and oxygen atoms in total. The first-order chi connectivity index (χ1) is 51.5. The van der Waals surface area contributed by atoms with E-state index in [1.807, 2.05) is 103 Å². The number of nitrogens with zero attached hydrogens (tertiary/aromatic N) is 4. The molecule has 91 heavy (non-hydrogen) atoms. The molecule has 0 saturated carbocycles. The topological polar surface area (TPSA) is 35.9 Å². The summed E-state index contributed by atoms with van der Waals surface area (Å²) in [7, 11) is -3.03. The van der Waals surface area contributed by atoms with E-state index in [0.717, 1.165) is 33.0 Å². The molecule has 16 rings (SSSR count). The van der Waals surface area contributed by atoms with Crippen LogP contribution >= 0.6 is 0 Å². The number of ether oxygens (including phenoxy) is 1. The number of aromatic nitrogens is 4. The van der Waals surface area contributed by atoms with Gasteiger partial charge in [-0.25, -0.2) is 4.98 Å². The van der Waals surface area contributed by atoms with Crippen molar-refractivity contribution in [3.63, 3.8) is 0 Å². The van der Waals surface area contributed by atoms with Gasteiger partial charge in [-0.2, -0.15) is 18.2 Å². The van der Waals surface area contributed by atoms with Crippen LogP contribution in [-0.4, -0.2) is 22.2 Å². The van der Waals surface area contributed by atoms with Crippen molar-refractivity contribution in [1.82, 2.24) is 14.1 Å². The Labute approximate surface area is 575 Å². The molecule has 1 aliphatic carbocycles. The predicted molar refractivity (Wildman–Crippen MR) is 373 cm³/mol. The smallest absolute Gasteiger partial charge is 0.268 e. The zero-order valence-electron chi connectivity index (χ0n) is 68.6. The summed E-state index contributed by atoms with van der Waals surface area (Å²) in [6.07, 6.45) is -3.64. The first-order valence-corrected chi connectivity index (χ1v) is 31.9. The molecule has 0 saturated heterocycles. The van der Waals surface area contributed by atoms with E-state index in [1.54, 1.807) is 45.5 Å². The number of benzene rings is 11. The number of para-hydroxylation sites is 2. The molecule has 0 N–H and O–H groups in total. The Hall–Kier alpha value is -9.45. The van der Waals surface area contributed by atoms with Crippen molar-refractivity contribution in [3.05, 3.63) is 296 Å².